The molecule has 4 nitrogen and oxygen atoms in total. The van der Waals surface area contributed by atoms with Crippen LogP contribution in [0.3, 0.4) is 0 Å². The van der Waals surface area contributed by atoms with E-state index in [-0.39, 0.29) is 18.6 Å². The Hall–Kier alpha value is -2.17. The molecule has 0 radical (unpaired) electrons. The van der Waals surface area contributed by atoms with Crippen molar-refractivity contribution < 1.29 is 23.5 Å². The zero-order chi connectivity index (χ0) is 13.5. The fourth-order valence-electron chi connectivity index (χ4n) is 1.32. The van der Waals surface area contributed by atoms with Crippen molar-refractivity contribution in [1.82, 2.24) is 0 Å². The molecule has 0 aromatic heterocycles. The van der Waals surface area contributed by atoms with Crippen molar-refractivity contribution in [2.24, 2.45) is 0 Å². The average molecular weight is 252 g/mol. The first-order chi connectivity index (χ1) is 8.58. The van der Waals surface area contributed by atoms with Gasteiger partial charge in [-0.3, -0.25) is 4.79 Å². The van der Waals surface area contributed by atoms with Crippen molar-refractivity contribution in [3.8, 4) is 0 Å². The summed E-state index contributed by atoms with van der Waals surface area (Å²) in [7, 11) is 1.16. The first-order valence-corrected chi connectivity index (χ1v) is 5.21. The number of carbonyl (C=O) groups is 2. The second kappa shape index (κ2) is 6.54. The van der Waals surface area contributed by atoms with E-state index >= 15 is 0 Å². The molecule has 0 aliphatic heterocycles. The predicted molar refractivity (Wildman–Crippen MR) is 62.6 cm³/mol. The molecule has 0 heterocycles. The third kappa shape index (κ3) is 3.69. The number of ether oxygens (including phenoxy) is 2. The minimum atomic E-state index is -0.784. The quantitative estimate of drug-likeness (QED) is 0.593. The van der Waals surface area contributed by atoms with E-state index in [4.69, 9.17) is 4.74 Å². The van der Waals surface area contributed by atoms with Crippen LogP contribution in [0.15, 0.2) is 30.9 Å². The van der Waals surface area contributed by atoms with Crippen LogP contribution in [0.25, 0.3) is 0 Å². The van der Waals surface area contributed by atoms with Gasteiger partial charge in [0, 0.05) is 0 Å². The number of hydrogen-bond donors (Lipinski definition) is 0. The van der Waals surface area contributed by atoms with Crippen LogP contribution >= 0.6 is 0 Å². The first-order valence-electron chi connectivity index (χ1n) is 5.21. The minimum absolute atomic E-state index is 0.0435. The largest absolute Gasteiger partial charge is 0.465 e. The molecule has 0 amide bonds. The van der Waals surface area contributed by atoms with Gasteiger partial charge in [0.15, 0.2) is 0 Å². The molecule has 0 atom stereocenters. The van der Waals surface area contributed by atoms with E-state index in [1.54, 1.807) is 0 Å². The van der Waals surface area contributed by atoms with Crippen LogP contribution in [0, 0.1) is 5.82 Å². The molecular weight excluding hydrogens is 239 g/mol. The van der Waals surface area contributed by atoms with Crippen LogP contribution in [0.4, 0.5) is 4.39 Å². The van der Waals surface area contributed by atoms with Crippen LogP contribution in [0.1, 0.15) is 15.9 Å². The highest BCUT2D eigenvalue weighted by atomic mass is 19.1. The molecule has 0 aliphatic rings. The van der Waals surface area contributed by atoms with Gasteiger partial charge in [-0.05, 0) is 17.7 Å². The number of halogens is 1. The van der Waals surface area contributed by atoms with Gasteiger partial charge >= 0.3 is 11.9 Å². The molecule has 5 heteroatoms. The molecule has 0 saturated heterocycles. The average Bonchev–Trinajstić information content (AvgIpc) is 2.37. The number of benzene rings is 1. The molecule has 0 bridgehead atoms. The molecular formula is C13H13FO4. The van der Waals surface area contributed by atoms with Gasteiger partial charge in [-0.2, -0.15) is 0 Å². The summed E-state index contributed by atoms with van der Waals surface area (Å²) < 4.78 is 22.5. The Morgan fingerprint density at radius 3 is 2.78 bits per heavy atom. The van der Waals surface area contributed by atoms with Crippen molar-refractivity contribution in [2.45, 2.75) is 6.42 Å². The summed E-state index contributed by atoms with van der Waals surface area (Å²) in [4.78, 5) is 22.6. The van der Waals surface area contributed by atoms with E-state index in [0.29, 0.717) is 5.56 Å². The first kappa shape index (κ1) is 13.9. The van der Waals surface area contributed by atoms with Gasteiger partial charge in [0.2, 0.25) is 0 Å². The van der Waals surface area contributed by atoms with Gasteiger partial charge in [0.05, 0.1) is 19.1 Å². The lowest BCUT2D eigenvalue weighted by molar-refractivity contribution is -0.141. The topological polar surface area (TPSA) is 52.6 Å². The standard InChI is InChI=1S/C13H13FO4/c1-3-6-18-12(15)8-9-4-5-11(14)10(7-9)13(16)17-2/h3-5,7H,1,6,8H2,2H3. The summed E-state index contributed by atoms with van der Waals surface area (Å²) in [6, 6.07) is 3.80. The highest BCUT2D eigenvalue weighted by molar-refractivity contribution is 5.90. The third-order valence-corrected chi connectivity index (χ3v) is 2.15. The predicted octanol–water partition coefficient (Wildman–Crippen LogP) is 1.88. The third-order valence-electron chi connectivity index (χ3n) is 2.15. The van der Waals surface area contributed by atoms with Gasteiger partial charge in [-0.25, -0.2) is 9.18 Å². The van der Waals surface area contributed by atoms with E-state index in [1.807, 2.05) is 0 Å². The number of hydrogen-bond acceptors (Lipinski definition) is 4. The number of carbonyl (C=O) groups excluding carboxylic acids is 2. The van der Waals surface area contributed by atoms with Crippen LogP contribution in [-0.4, -0.2) is 25.7 Å². The van der Waals surface area contributed by atoms with Gasteiger partial charge < -0.3 is 9.47 Å². The second-order valence-electron chi connectivity index (χ2n) is 3.45. The van der Waals surface area contributed by atoms with E-state index in [9.17, 15) is 14.0 Å². The van der Waals surface area contributed by atoms with Crippen LogP contribution in [-0.2, 0) is 20.7 Å². The fourth-order valence-corrected chi connectivity index (χ4v) is 1.32. The van der Waals surface area contributed by atoms with E-state index in [0.717, 1.165) is 13.2 Å². The lowest BCUT2D eigenvalue weighted by Gasteiger charge is -2.05. The molecule has 1 aromatic rings. The van der Waals surface area contributed by atoms with Crippen molar-refractivity contribution in [3.05, 3.63) is 47.8 Å². The van der Waals surface area contributed by atoms with Gasteiger partial charge in [0.25, 0.3) is 0 Å². The van der Waals surface area contributed by atoms with Crippen LogP contribution in [0.5, 0.6) is 0 Å². The second-order valence-corrected chi connectivity index (χ2v) is 3.45. The Morgan fingerprint density at radius 1 is 1.44 bits per heavy atom. The summed E-state index contributed by atoms with van der Waals surface area (Å²) in [6.45, 7) is 3.53. The molecule has 1 rings (SSSR count). The normalized spacial score (nSPS) is 9.67. The molecule has 0 saturated carbocycles. The smallest absolute Gasteiger partial charge is 0.340 e. The van der Waals surface area contributed by atoms with E-state index < -0.39 is 17.8 Å². The van der Waals surface area contributed by atoms with E-state index in [1.165, 1.54) is 18.2 Å². The van der Waals surface area contributed by atoms with Crippen molar-refractivity contribution >= 4 is 11.9 Å². The molecule has 0 unspecified atom stereocenters. The highest BCUT2D eigenvalue weighted by Gasteiger charge is 2.14. The lowest BCUT2D eigenvalue weighted by Crippen LogP contribution is -2.10. The maximum Gasteiger partial charge on any atom is 0.340 e. The molecule has 1 aromatic carbocycles. The van der Waals surface area contributed by atoms with Gasteiger partial charge in [-0.1, -0.05) is 18.7 Å². The summed E-state index contributed by atoms with van der Waals surface area (Å²) in [5, 5.41) is 0. The Kier molecular flexibility index (Phi) is 5.05. The van der Waals surface area contributed by atoms with Crippen LogP contribution in [0.2, 0.25) is 0 Å². The van der Waals surface area contributed by atoms with Crippen molar-refractivity contribution in [3.63, 3.8) is 0 Å². The monoisotopic (exact) mass is 252 g/mol. The lowest BCUT2D eigenvalue weighted by atomic mass is 10.1. The SMILES string of the molecule is C=CCOC(=O)Cc1ccc(F)c(C(=O)OC)c1. The molecule has 0 fully saturated rings. The molecule has 96 valence electrons. The minimum Gasteiger partial charge on any atom is -0.465 e. The molecule has 0 aliphatic carbocycles. The number of esters is 2. The van der Waals surface area contributed by atoms with Crippen molar-refractivity contribution in [1.29, 1.82) is 0 Å². The maximum absolute atomic E-state index is 13.3. The fraction of sp³-hybridized carbons (Fsp3) is 0.231. The molecule has 0 N–H and O–H groups in total. The number of rotatable bonds is 5. The molecule has 18 heavy (non-hydrogen) atoms. The summed E-state index contributed by atoms with van der Waals surface area (Å²) >= 11 is 0. The molecule has 0 spiro atoms. The summed E-state index contributed by atoms with van der Waals surface area (Å²) in [6.07, 6.45) is 1.40. The van der Waals surface area contributed by atoms with Gasteiger partial charge in [0.1, 0.15) is 12.4 Å². The maximum atomic E-state index is 13.3. The number of methoxy groups -OCH3 is 1. The summed E-state index contributed by atoms with van der Waals surface area (Å²) in [5.41, 5.74) is 0.275. The zero-order valence-corrected chi connectivity index (χ0v) is 9.94. The Balaban J connectivity index is 2.82. The van der Waals surface area contributed by atoms with E-state index in [2.05, 4.69) is 11.3 Å². The van der Waals surface area contributed by atoms with Gasteiger partial charge in [-0.15, -0.1) is 0 Å². The van der Waals surface area contributed by atoms with Crippen LogP contribution < -0.4 is 0 Å². The zero-order valence-electron chi connectivity index (χ0n) is 9.94. The highest BCUT2D eigenvalue weighted by Crippen LogP contribution is 2.12. The Labute approximate surface area is 104 Å². The summed E-state index contributed by atoms with van der Waals surface area (Å²) in [5.74, 6) is -1.95. The van der Waals surface area contributed by atoms with Crippen molar-refractivity contribution in [2.75, 3.05) is 13.7 Å². The Bertz CT molecular complexity index is 468. The Morgan fingerprint density at radius 2 is 2.17 bits per heavy atom.